The fourth-order valence-corrected chi connectivity index (χ4v) is 2.52. The van der Waals surface area contributed by atoms with Gasteiger partial charge in [-0.1, -0.05) is 35.9 Å². The molecule has 1 aromatic heterocycles. The summed E-state index contributed by atoms with van der Waals surface area (Å²) >= 11 is 5.91. The van der Waals surface area contributed by atoms with Crippen molar-refractivity contribution in [2.45, 2.75) is 0 Å². The Balaban J connectivity index is 1.63. The third kappa shape index (κ3) is 4.10. The van der Waals surface area contributed by atoms with Gasteiger partial charge in [0, 0.05) is 10.4 Å². The summed E-state index contributed by atoms with van der Waals surface area (Å²) in [4.78, 5) is 28.4. The van der Waals surface area contributed by atoms with Gasteiger partial charge in [-0.2, -0.15) is 0 Å². The highest BCUT2D eigenvalue weighted by atomic mass is 35.5. The minimum atomic E-state index is -0.677. The molecule has 2 aromatic carbocycles. The molecule has 3 aromatic rings. The number of halogens is 1. The highest BCUT2D eigenvalue weighted by molar-refractivity contribution is 6.31. The van der Waals surface area contributed by atoms with Gasteiger partial charge in [-0.3, -0.25) is 4.79 Å². The summed E-state index contributed by atoms with van der Waals surface area (Å²) in [6.07, 6.45) is 0. The monoisotopic (exact) mass is 370 g/mol. The van der Waals surface area contributed by atoms with E-state index < -0.39 is 18.5 Å². The first kappa shape index (κ1) is 17.7. The van der Waals surface area contributed by atoms with E-state index in [1.165, 1.54) is 7.11 Å². The van der Waals surface area contributed by atoms with Gasteiger partial charge in [0.05, 0.1) is 18.3 Å². The Kier molecular flexibility index (Phi) is 5.34. The summed E-state index contributed by atoms with van der Waals surface area (Å²) in [5.74, 6) is -0.742. The fourth-order valence-electron chi connectivity index (χ4n) is 2.35. The summed E-state index contributed by atoms with van der Waals surface area (Å²) in [6, 6.07) is 15.5. The van der Waals surface area contributed by atoms with Crippen molar-refractivity contribution >= 4 is 40.1 Å². The molecule has 26 heavy (non-hydrogen) atoms. The molecule has 0 spiro atoms. The number of hydrogen-bond donors (Lipinski definition) is 1. The first-order valence-electron chi connectivity index (χ1n) is 7.73. The number of hydrogen-bond acceptors (Lipinski definition) is 5. The van der Waals surface area contributed by atoms with Crippen LogP contribution in [0.5, 0.6) is 5.75 Å². The molecule has 0 atom stereocenters. The van der Waals surface area contributed by atoms with Crippen LogP contribution in [0.1, 0.15) is 10.5 Å². The number of ether oxygens (including phenoxy) is 2. The quantitative estimate of drug-likeness (QED) is 0.693. The summed E-state index contributed by atoms with van der Waals surface area (Å²) in [7, 11) is 1.48. The molecule has 1 amide bonds. The standard InChI is InChI=1S/C19H15ClN2O4/c1-25-17-9-7-13(20)10-16(17)22-18(23)11-26-19(24)15-8-6-12-4-2-3-5-14(12)21-15/h2-10H,11H2,1H3,(H,22,23). The average Bonchev–Trinajstić information content (AvgIpc) is 2.66. The number of aromatic nitrogens is 1. The Hall–Kier alpha value is -3.12. The summed E-state index contributed by atoms with van der Waals surface area (Å²) < 4.78 is 10.2. The lowest BCUT2D eigenvalue weighted by atomic mass is 10.2. The summed E-state index contributed by atoms with van der Waals surface area (Å²) in [5, 5.41) is 3.95. The third-order valence-corrected chi connectivity index (χ3v) is 3.81. The van der Waals surface area contributed by atoms with Gasteiger partial charge in [0.2, 0.25) is 0 Å². The van der Waals surface area contributed by atoms with Crippen molar-refractivity contribution in [3.8, 4) is 5.75 Å². The molecule has 6 nitrogen and oxygen atoms in total. The van der Waals surface area contributed by atoms with E-state index in [9.17, 15) is 9.59 Å². The molecule has 3 rings (SSSR count). The zero-order valence-corrected chi connectivity index (χ0v) is 14.6. The van der Waals surface area contributed by atoms with E-state index in [2.05, 4.69) is 10.3 Å². The predicted molar refractivity (Wildman–Crippen MR) is 98.7 cm³/mol. The largest absolute Gasteiger partial charge is 0.495 e. The molecule has 7 heteroatoms. The topological polar surface area (TPSA) is 77.5 Å². The molecule has 0 aliphatic heterocycles. The molecular formula is C19H15ClN2O4. The van der Waals surface area contributed by atoms with Crippen molar-refractivity contribution in [1.29, 1.82) is 0 Å². The fraction of sp³-hybridized carbons (Fsp3) is 0.105. The zero-order chi connectivity index (χ0) is 18.5. The molecule has 1 N–H and O–H groups in total. The number of amides is 1. The van der Waals surface area contributed by atoms with Crippen molar-refractivity contribution in [3.05, 3.63) is 65.3 Å². The minimum Gasteiger partial charge on any atom is -0.495 e. The number of benzene rings is 2. The zero-order valence-electron chi connectivity index (χ0n) is 13.9. The lowest BCUT2D eigenvalue weighted by Crippen LogP contribution is -2.21. The van der Waals surface area contributed by atoms with Crippen LogP contribution in [0.4, 0.5) is 5.69 Å². The van der Waals surface area contributed by atoms with E-state index in [0.29, 0.717) is 22.0 Å². The molecule has 0 aliphatic rings. The van der Waals surface area contributed by atoms with E-state index >= 15 is 0 Å². The van der Waals surface area contributed by atoms with Crippen LogP contribution in [0.3, 0.4) is 0 Å². The maximum absolute atomic E-state index is 12.1. The SMILES string of the molecule is COc1ccc(Cl)cc1NC(=O)COC(=O)c1ccc2ccccc2n1. The Morgan fingerprint density at radius 2 is 1.92 bits per heavy atom. The number of nitrogens with zero attached hydrogens (tertiary/aromatic N) is 1. The predicted octanol–water partition coefficient (Wildman–Crippen LogP) is 3.69. The lowest BCUT2D eigenvalue weighted by Gasteiger charge is -2.10. The molecule has 1 heterocycles. The van der Waals surface area contributed by atoms with Crippen LogP contribution in [0.2, 0.25) is 5.02 Å². The maximum Gasteiger partial charge on any atom is 0.357 e. The summed E-state index contributed by atoms with van der Waals surface area (Å²) in [5.41, 5.74) is 1.21. The summed E-state index contributed by atoms with van der Waals surface area (Å²) in [6.45, 7) is -0.455. The van der Waals surface area contributed by atoms with Gasteiger partial charge in [0.1, 0.15) is 11.4 Å². The number of para-hydroxylation sites is 1. The molecular weight excluding hydrogens is 356 g/mol. The molecule has 132 valence electrons. The van der Waals surface area contributed by atoms with Gasteiger partial charge >= 0.3 is 5.97 Å². The normalized spacial score (nSPS) is 10.4. The second kappa shape index (κ2) is 7.84. The van der Waals surface area contributed by atoms with Crippen LogP contribution >= 0.6 is 11.6 Å². The van der Waals surface area contributed by atoms with Crippen molar-refractivity contribution in [3.63, 3.8) is 0 Å². The smallest absolute Gasteiger partial charge is 0.357 e. The maximum atomic E-state index is 12.1. The van der Waals surface area contributed by atoms with Gasteiger partial charge < -0.3 is 14.8 Å². The average molecular weight is 371 g/mol. The number of carbonyl (C=O) groups is 2. The first-order valence-corrected chi connectivity index (χ1v) is 8.11. The van der Waals surface area contributed by atoms with Gasteiger partial charge in [0.15, 0.2) is 6.61 Å². The highest BCUT2D eigenvalue weighted by Gasteiger charge is 2.14. The molecule has 0 fully saturated rings. The first-order chi connectivity index (χ1) is 12.6. The Bertz CT molecular complexity index is 975. The van der Waals surface area contributed by atoms with E-state index in [1.807, 2.05) is 18.2 Å². The van der Waals surface area contributed by atoms with Gasteiger partial charge in [-0.25, -0.2) is 9.78 Å². The van der Waals surface area contributed by atoms with Gasteiger partial charge in [-0.15, -0.1) is 0 Å². The second-order valence-corrected chi connectivity index (χ2v) is 5.79. The van der Waals surface area contributed by atoms with E-state index in [-0.39, 0.29) is 5.69 Å². The van der Waals surface area contributed by atoms with Crippen LogP contribution < -0.4 is 10.1 Å². The number of carbonyl (C=O) groups excluding carboxylic acids is 2. The van der Waals surface area contributed by atoms with Gasteiger partial charge in [0.25, 0.3) is 5.91 Å². The minimum absolute atomic E-state index is 0.136. The van der Waals surface area contributed by atoms with Crippen LogP contribution in [-0.2, 0) is 9.53 Å². The Labute approximate surface area is 154 Å². The number of pyridine rings is 1. The Morgan fingerprint density at radius 3 is 2.73 bits per heavy atom. The van der Waals surface area contributed by atoms with Crippen LogP contribution in [0.15, 0.2) is 54.6 Å². The van der Waals surface area contributed by atoms with Crippen molar-refractivity contribution in [2.24, 2.45) is 0 Å². The van der Waals surface area contributed by atoms with Gasteiger partial charge in [-0.05, 0) is 30.3 Å². The number of fused-ring (bicyclic) bond motifs is 1. The van der Waals surface area contributed by atoms with E-state index in [1.54, 1.807) is 36.4 Å². The number of nitrogens with one attached hydrogen (secondary N) is 1. The van der Waals surface area contributed by atoms with Crippen molar-refractivity contribution in [1.82, 2.24) is 4.98 Å². The number of rotatable bonds is 5. The second-order valence-electron chi connectivity index (χ2n) is 5.36. The van der Waals surface area contributed by atoms with E-state index in [4.69, 9.17) is 21.1 Å². The molecule has 0 saturated carbocycles. The lowest BCUT2D eigenvalue weighted by molar-refractivity contribution is -0.119. The van der Waals surface area contributed by atoms with Crippen molar-refractivity contribution in [2.75, 3.05) is 19.0 Å². The molecule has 0 saturated heterocycles. The highest BCUT2D eigenvalue weighted by Crippen LogP contribution is 2.27. The third-order valence-electron chi connectivity index (χ3n) is 3.58. The van der Waals surface area contributed by atoms with Crippen LogP contribution in [-0.4, -0.2) is 30.6 Å². The number of anilines is 1. The van der Waals surface area contributed by atoms with Crippen molar-refractivity contribution < 1.29 is 19.1 Å². The van der Waals surface area contributed by atoms with Crippen LogP contribution in [0.25, 0.3) is 10.9 Å². The molecule has 0 bridgehead atoms. The Morgan fingerprint density at radius 1 is 1.12 bits per heavy atom. The molecule has 0 aliphatic carbocycles. The molecule has 0 unspecified atom stereocenters. The number of esters is 1. The molecule has 0 radical (unpaired) electrons. The van der Waals surface area contributed by atoms with E-state index in [0.717, 1.165) is 5.39 Å². The van der Waals surface area contributed by atoms with Crippen LogP contribution in [0, 0.1) is 0 Å². The number of methoxy groups -OCH3 is 1.